The van der Waals surface area contributed by atoms with Gasteiger partial charge in [-0.2, -0.15) is 0 Å². The highest BCUT2D eigenvalue weighted by molar-refractivity contribution is 6.31. The van der Waals surface area contributed by atoms with Crippen LogP contribution in [0, 0.1) is 0 Å². The molecule has 1 aromatic carbocycles. The fraction of sp³-hybridized carbons (Fsp3) is 0.320. The predicted octanol–water partition coefficient (Wildman–Crippen LogP) is 3.53. The van der Waals surface area contributed by atoms with Crippen LogP contribution in [0.15, 0.2) is 73.3 Å². The monoisotopic (exact) mass is 448 g/mol. The molecule has 5 rings (SSSR count). The summed E-state index contributed by atoms with van der Waals surface area (Å²) >= 11 is 6.43. The number of ether oxygens (including phenoxy) is 1. The molecule has 0 bridgehead atoms. The molecule has 0 N–H and O–H groups in total. The van der Waals surface area contributed by atoms with Gasteiger partial charge < -0.3 is 9.64 Å². The first-order valence-corrected chi connectivity index (χ1v) is 11.2. The highest BCUT2D eigenvalue weighted by Crippen LogP contribution is 2.42. The van der Waals surface area contributed by atoms with Crippen LogP contribution in [0.1, 0.15) is 22.6 Å². The topological polar surface area (TPSA) is 58.6 Å². The number of likely N-dealkylation sites (tertiary alicyclic amines) is 1. The first-order chi connectivity index (χ1) is 15.7. The number of morpholine rings is 1. The summed E-state index contributed by atoms with van der Waals surface area (Å²) in [5.74, 6) is -0.0671. The number of aromatic nitrogens is 2. The summed E-state index contributed by atoms with van der Waals surface area (Å²) in [4.78, 5) is 26.5. The third-order valence-electron chi connectivity index (χ3n) is 6.39. The number of carbonyl (C=O) groups excluding carboxylic acids is 1. The lowest BCUT2D eigenvalue weighted by Gasteiger charge is -2.42. The van der Waals surface area contributed by atoms with Crippen LogP contribution in [-0.4, -0.2) is 57.5 Å². The highest BCUT2D eigenvalue weighted by Gasteiger charge is 2.57. The van der Waals surface area contributed by atoms with Gasteiger partial charge in [-0.1, -0.05) is 35.9 Å². The number of amides is 1. The molecule has 6 nitrogen and oxygen atoms in total. The normalized spacial score (nSPS) is 23.7. The molecule has 1 spiro atoms. The number of nitrogens with zero attached hydrogens (tertiary/aromatic N) is 4. The van der Waals surface area contributed by atoms with Crippen LogP contribution in [0.25, 0.3) is 0 Å². The van der Waals surface area contributed by atoms with Gasteiger partial charge in [-0.15, -0.1) is 0 Å². The van der Waals surface area contributed by atoms with Crippen LogP contribution >= 0.6 is 11.6 Å². The van der Waals surface area contributed by atoms with E-state index in [-0.39, 0.29) is 11.8 Å². The van der Waals surface area contributed by atoms with Gasteiger partial charge in [0.2, 0.25) is 0 Å². The van der Waals surface area contributed by atoms with E-state index in [1.165, 1.54) is 0 Å². The maximum atomic E-state index is 13.9. The minimum atomic E-state index is -0.935. The Morgan fingerprint density at radius 3 is 2.66 bits per heavy atom. The molecule has 0 aliphatic carbocycles. The first-order valence-electron chi connectivity index (χ1n) is 10.8. The molecule has 1 amide bonds. The van der Waals surface area contributed by atoms with Crippen LogP contribution in [0.4, 0.5) is 0 Å². The molecule has 0 saturated carbocycles. The van der Waals surface area contributed by atoms with Gasteiger partial charge in [0.15, 0.2) is 5.60 Å². The van der Waals surface area contributed by atoms with Gasteiger partial charge in [0.25, 0.3) is 5.91 Å². The number of carbonyl (C=O) groups is 1. The lowest BCUT2D eigenvalue weighted by Crippen LogP contribution is -2.59. The third-order valence-corrected chi connectivity index (χ3v) is 6.76. The number of rotatable bonds is 5. The zero-order valence-electron chi connectivity index (χ0n) is 17.7. The molecule has 0 unspecified atom stereocenters. The standard InChI is InChI=1S/C25H25ClN4O2/c26-23-6-2-1-4-21(23)16-29-17-22(20-5-3-9-28-14-20)25(18-29)24(31)30(12-13-32-25)15-19-7-10-27-11-8-19/h1-11,14,22H,12-13,15-18H2/t22-,25-/m0/s1. The summed E-state index contributed by atoms with van der Waals surface area (Å²) in [7, 11) is 0. The van der Waals surface area contributed by atoms with Crippen LogP contribution in [-0.2, 0) is 22.6 Å². The second-order valence-electron chi connectivity index (χ2n) is 8.42. The van der Waals surface area contributed by atoms with E-state index in [1.54, 1.807) is 18.6 Å². The summed E-state index contributed by atoms with van der Waals surface area (Å²) in [6.45, 7) is 3.52. The van der Waals surface area contributed by atoms with Crippen LogP contribution in [0.5, 0.6) is 0 Å². The molecule has 7 heteroatoms. The molecule has 4 heterocycles. The molecule has 2 aliphatic rings. The van der Waals surface area contributed by atoms with E-state index >= 15 is 0 Å². The lowest BCUT2D eigenvalue weighted by molar-refractivity contribution is -0.173. The molecule has 2 atom stereocenters. The van der Waals surface area contributed by atoms with E-state index < -0.39 is 5.60 Å². The maximum Gasteiger partial charge on any atom is 0.257 e. The molecule has 32 heavy (non-hydrogen) atoms. The second kappa shape index (κ2) is 8.98. The van der Waals surface area contributed by atoms with Crippen molar-refractivity contribution in [2.24, 2.45) is 0 Å². The summed E-state index contributed by atoms with van der Waals surface area (Å²) < 4.78 is 6.37. The average Bonchev–Trinajstić information content (AvgIpc) is 3.18. The Morgan fingerprint density at radius 2 is 1.88 bits per heavy atom. The Labute approximate surface area is 192 Å². The van der Waals surface area contributed by atoms with E-state index in [0.717, 1.165) is 21.7 Å². The molecule has 3 aromatic rings. The van der Waals surface area contributed by atoms with E-state index in [9.17, 15) is 4.79 Å². The lowest BCUT2D eigenvalue weighted by atomic mass is 9.83. The highest BCUT2D eigenvalue weighted by atomic mass is 35.5. The van der Waals surface area contributed by atoms with E-state index in [4.69, 9.17) is 16.3 Å². The smallest absolute Gasteiger partial charge is 0.257 e. The Kier molecular flexibility index (Phi) is 5.91. The number of hydrogen-bond acceptors (Lipinski definition) is 5. The summed E-state index contributed by atoms with van der Waals surface area (Å²) in [5, 5.41) is 0.738. The summed E-state index contributed by atoms with van der Waals surface area (Å²) in [6, 6.07) is 15.7. The number of benzene rings is 1. The van der Waals surface area contributed by atoms with Crippen molar-refractivity contribution in [2.45, 2.75) is 24.6 Å². The molecule has 164 valence electrons. The van der Waals surface area contributed by atoms with Crippen molar-refractivity contribution in [3.05, 3.63) is 95.0 Å². The molecule has 2 saturated heterocycles. The van der Waals surface area contributed by atoms with Gasteiger partial charge >= 0.3 is 0 Å². The Hall–Kier alpha value is -2.80. The molecular weight excluding hydrogens is 424 g/mol. The fourth-order valence-electron chi connectivity index (χ4n) is 4.85. The second-order valence-corrected chi connectivity index (χ2v) is 8.83. The van der Waals surface area contributed by atoms with Crippen molar-refractivity contribution in [3.8, 4) is 0 Å². The van der Waals surface area contributed by atoms with Gasteiger partial charge in [-0.3, -0.25) is 19.7 Å². The van der Waals surface area contributed by atoms with Crippen molar-refractivity contribution >= 4 is 17.5 Å². The SMILES string of the molecule is O=C1N(Cc2ccncc2)CCO[C@]12CN(Cc1ccccc1Cl)C[C@H]2c1cccnc1. The minimum Gasteiger partial charge on any atom is -0.361 e. The quantitative estimate of drug-likeness (QED) is 0.597. The molecule has 2 aromatic heterocycles. The van der Waals surface area contributed by atoms with Gasteiger partial charge in [-0.05, 0) is 41.0 Å². The van der Waals surface area contributed by atoms with Crippen molar-refractivity contribution < 1.29 is 9.53 Å². The van der Waals surface area contributed by atoms with Crippen molar-refractivity contribution in [2.75, 3.05) is 26.2 Å². The fourth-order valence-corrected chi connectivity index (χ4v) is 5.04. The van der Waals surface area contributed by atoms with Gasteiger partial charge in [0, 0.05) is 68.5 Å². The van der Waals surface area contributed by atoms with E-state index in [2.05, 4.69) is 14.9 Å². The van der Waals surface area contributed by atoms with Crippen molar-refractivity contribution in [1.29, 1.82) is 0 Å². The number of halogens is 1. The van der Waals surface area contributed by atoms with Crippen LogP contribution < -0.4 is 0 Å². The van der Waals surface area contributed by atoms with Crippen molar-refractivity contribution in [3.63, 3.8) is 0 Å². The summed E-state index contributed by atoms with van der Waals surface area (Å²) in [5.41, 5.74) is 2.20. The average molecular weight is 449 g/mol. The van der Waals surface area contributed by atoms with Crippen LogP contribution in [0.3, 0.4) is 0 Å². The van der Waals surface area contributed by atoms with E-state index in [1.807, 2.05) is 59.6 Å². The van der Waals surface area contributed by atoms with Gasteiger partial charge in [0.05, 0.1) is 6.61 Å². The molecule has 2 aliphatic heterocycles. The van der Waals surface area contributed by atoms with Gasteiger partial charge in [0.1, 0.15) is 0 Å². The number of pyridine rings is 2. The largest absolute Gasteiger partial charge is 0.361 e. The Balaban J connectivity index is 1.45. The maximum absolute atomic E-state index is 13.9. The van der Waals surface area contributed by atoms with Crippen LogP contribution in [0.2, 0.25) is 5.02 Å². The Bertz CT molecular complexity index is 1080. The van der Waals surface area contributed by atoms with Crippen molar-refractivity contribution in [1.82, 2.24) is 19.8 Å². The molecule has 2 fully saturated rings. The van der Waals surface area contributed by atoms with E-state index in [0.29, 0.717) is 39.3 Å². The van der Waals surface area contributed by atoms with Gasteiger partial charge in [-0.25, -0.2) is 0 Å². The minimum absolute atomic E-state index is 0.0380. The molecule has 0 radical (unpaired) electrons. The first kappa shape index (κ1) is 21.1. The summed E-state index contributed by atoms with van der Waals surface area (Å²) in [6.07, 6.45) is 7.13. The number of hydrogen-bond donors (Lipinski definition) is 0. The third kappa shape index (κ3) is 4.01. The molecular formula is C25H25ClN4O2. The zero-order chi connectivity index (χ0) is 22.0. The predicted molar refractivity (Wildman–Crippen MR) is 122 cm³/mol. The Morgan fingerprint density at radius 1 is 1.03 bits per heavy atom. The zero-order valence-corrected chi connectivity index (χ0v) is 18.5.